The van der Waals surface area contributed by atoms with E-state index in [1.54, 1.807) is 13.1 Å². The molecule has 116 valence electrons. The maximum absolute atomic E-state index is 12.3. The normalized spacial score (nSPS) is 21.3. The van der Waals surface area contributed by atoms with Gasteiger partial charge in [-0.15, -0.1) is 0 Å². The monoisotopic (exact) mass is 300 g/mol. The molecule has 1 aliphatic rings. The number of hydrogen-bond acceptors (Lipinski definition) is 5. The molecule has 1 aromatic heterocycles. The van der Waals surface area contributed by atoms with Crippen LogP contribution in [0.25, 0.3) is 10.9 Å². The van der Waals surface area contributed by atoms with E-state index in [1.807, 2.05) is 31.2 Å². The standard InChI is InChI=1S/C17H20N2O3/c1-3-22-16(20)13-10-18-14-7-5-4-6-12(14)15(13)19-9-8-17(2,21)11-19/h4-7,10,21H,3,8-9,11H2,1-2H3. The first kappa shape index (κ1) is 14.8. The molecule has 1 unspecified atom stereocenters. The number of fused-ring (bicyclic) bond motifs is 1. The molecule has 5 nitrogen and oxygen atoms in total. The average Bonchev–Trinajstić information content (AvgIpc) is 2.86. The van der Waals surface area contributed by atoms with Crippen molar-refractivity contribution in [3.8, 4) is 0 Å². The Labute approximate surface area is 129 Å². The van der Waals surface area contributed by atoms with Crippen molar-refractivity contribution >= 4 is 22.6 Å². The van der Waals surface area contributed by atoms with Crippen molar-refractivity contribution in [1.29, 1.82) is 0 Å². The third-order valence-corrected chi connectivity index (χ3v) is 4.01. The number of ether oxygens (including phenoxy) is 1. The topological polar surface area (TPSA) is 62.7 Å². The summed E-state index contributed by atoms with van der Waals surface area (Å²) >= 11 is 0. The summed E-state index contributed by atoms with van der Waals surface area (Å²) in [6.45, 7) is 5.12. The van der Waals surface area contributed by atoms with Gasteiger partial charge in [-0.3, -0.25) is 4.98 Å². The van der Waals surface area contributed by atoms with E-state index in [9.17, 15) is 9.90 Å². The second kappa shape index (κ2) is 5.57. The Morgan fingerprint density at radius 2 is 2.23 bits per heavy atom. The van der Waals surface area contributed by atoms with E-state index in [0.717, 1.165) is 16.6 Å². The zero-order chi connectivity index (χ0) is 15.7. The Hall–Kier alpha value is -2.14. The lowest BCUT2D eigenvalue weighted by atomic mass is 10.1. The van der Waals surface area contributed by atoms with Crippen LogP contribution in [0, 0.1) is 0 Å². The summed E-state index contributed by atoms with van der Waals surface area (Å²) < 4.78 is 5.16. The van der Waals surface area contributed by atoms with Crippen molar-refractivity contribution in [3.05, 3.63) is 36.0 Å². The van der Waals surface area contributed by atoms with Crippen molar-refractivity contribution in [3.63, 3.8) is 0 Å². The van der Waals surface area contributed by atoms with Gasteiger partial charge in [0.1, 0.15) is 5.56 Å². The van der Waals surface area contributed by atoms with Crippen molar-refractivity contribution in [2.45, 2.75) is 25.9 Å². The Bertz CT molecular complexity index is 712. The predicted octanol–water partition coefficient (Wildman–Crippen LogP) is 2.37. The summed E-state index contributed by atoms with van der Waals surface area (Å²) in [5.74, 6) is -0.373. The van der Waals surface area contributed by atoms with Crippen molar-refractivity contribution in [1.82, 2.24) is 4.98 Å². The molecular formula is C17H20N2O3. The average molecular weight is 300 g/mol. The molecule has 5 heteroatoms. The lowest BCUT2D eigenvalue weighted by molar-refractivity contribution is 0.0526. The number of aliphatic hydroxyl groups is 1. The van der Waals surface area contributed by atoms with E-state index in [0.29, 0.717) is 31.7 Å². The highest BCUT2D eigenvalue weighted by molar-refractivity contribution is 6.05. The number of para-hydroxylation sites is 1. The van der Waals surface area contributed by atoms with Gasteiger partial charge in [0.25, 0.3) is 0 Å². The summed E-state index contributed by atoms with van der Waals surface area (Å²) in [6, 6.07) is 7.72. The number of hydrogen-bond donors (Lipinski definition) is 1. The number of β-amino-alcohol motifs (C(OH)–C–C–N with tert-alkyl or cyclic N) is 1. The fraction of sp³-hybridized carbons (Fsp3) is 0.412. The highest BCUT2D eigenvalue weighted by atomic mass is 16.5. The number of carbonyl (C=O) groups excluding carboxylic acids is 1. The number of rotatable bonds is 3. The van der Waals surface area contributed by atoms with Crippen LogP contribution in [0.1, 0.15) is 30.6 Å². The van der Waals surface area contributed by atoms with Gasteiger partial charge in [0, 0.05) is 24.7 Å². The number of carbonyl (C=O) groups is 1. The second-order valence-electron chi connectivity index (χ2n) is 5.93. The van der Waals surface area contributed by atoms with Crippen LogP contribution >= 0.6 is 0 Å². The maximum Gasteiger partial charge on any atom is 0.341 e. The molecule has 1 fully saturated rings. The van der Waals surface area contributed by atoms with Gasteiger partial charge in [0.2, 0.25) is 0 Å². The Kier molecular flexibility index (Phi) is 3.74. The van der Waals surface area contributed by atoms with Gasteiger partial charge in [0.05, 0.1) is 23.4 Å². The lowest BCUT2D eigenvalue weighted by Gasteiger charge is -2.24. The number of aromatic nitrogens is 1. The number of esters is 1. The quantitative estimate of drug-likeness (QED) is 0.882. The first-order chi connectivity index (χ1) is 10.5. The van der Waals surface area contributed by atoms with Gasteiger partial charge in [-0.2, -0.15) is 0 Å². The minimum atomic E-state index is -0.740. The molecule has 1 aliphatic heterocycles. The predicted molar refractivity (Wildman–Crippen MR) is 85.2 cm³/mol. The zero-order valence-electron chi connectivity index (χ0n) is 12.9. The summed E-state index contributed by atoms with van der Waals surface area (Å²) in [5.41, 5.74) is 1.35. The van der Waals surface area contributed by atoms with Gasteiger partial charge >= 0.3 is 5.97 Å². The number of nitrogens with zero attached hydrogens (tertiary/aromatic N) is 2. The van der Waals surface area contributed by atoms with E-state index in [1.165, 1.54) is 0 Å². The molecule has 0 saturated carbocycles. The molecule has 2 aromatic rings. The third-order valence-electron chi connectivity index (χ3n) is 4.01. The van der Waals surface area contributed by atoms with Gasteiger partial charge in [-0.05, 0) is 26.3 Å². The fourth-order valence-corrected chi connectivity index (χ4v) is 2.96. The van der Waals surface area contributed by atoms with Crippen molar-refractivity contribution in [2.24, 2.45) is 0 Å². The Morgan fingerprint density at radius 3 is 2.91 bits per heavy atom. The first-order valence-electron chi connectivity index (χ1n) is 7.54. The zero-order valence-corrected chi connectivity index (χ0v) is 12.9. The van der Waals surface area contributed by atoms with Gasteiger partial charge in [-0.25, -0.2) is 4.79 Å². The minimum absolute atomic E-state index is 0.322. The minimum Gasteiger partial charge on any atom is -0.462 e. The van der Waals surface area contributed by atoms with Crippen LogP contribution in [0.5, 0.6) is 0 Å². The van der Waals surface area contributed by atoms with E-state index >= 15 is 0 Å². The molecule has 0 radical (unpaired) electrons. The molecule has 2 heterocycles. The Balaban J connectivity index is 2.15. The summed E-state index contributed by atoms with van der Waals surface area (Å²) in [7, 11) is 0. The number of pyridine rings is 1. The van der Waals surface area contributed by atoms with Gasteiger partial charge < -0.3 is 14.7 Å². The second-order valence-corrected chi connectivity index (χ2v) is 5.93. The van der Waals surface area contributed by atoms with Crippen molar-refractivity contribution in [2.75, 3.05) is 24.6 Å². The van der Waals surface area contributed by atoms with E-state index in [2.05, 4.69) is 9.88 Å². The van der Waals surface area contributed by atoms with Crippen LogP contribution in [-0.4, -0.2) is 41.4 Å². The van der Waals surface area contributed by atoms with E-state index in [-0.39, 0.29) is 5.97 Å². The van der Waals surface area contributed by atoms with E-state index < -0.39 is 5.60 Å². The van der Waals surface area contributed by atoms with Crippen LogP contribution in [0.15, 0.2) is 30.5 Å². The van der Waals surface area contributed by atoms with E-state index in [4.69, 9.17) is 4.74 Å². The fourth-order valence-electron chi connectivity index (χ4n) is 2.96. The van der Waals surface area contributed by atoms with Crippen LogP contribution < -0.4 is 4.90 Å². The molecule has 0 bridgehead atoms. The highest BCUT2D eigenvalue weighted by Gasteiger charge is 2.34. The lowest BCUT2D eigenvalue weighted by Crippen LogP contribution is -2.30. The SMILES string of the molecule is CCOC(=O)c1cnc2ccccc2c1N1CCC(C)(O)C1. The Morgan fingerprint density at radius 1 is 1.45 bits per heavy atom. The molecule has 1 atom stereocenters. The molecule has 0 aliphatic carbocycles. The molecule has 1 aromatic carbocycles. The summed E-state index contributed by atoms with van der Waals surface area (Å²) in [6.07, 6.45) is 2.24. The molecule has 1 saturated heterocycles. The molecule has 22 heavy (non-hydrogen) atoms. The molecule has 0 spiro atoms. The first-order valence-corrected chi connectivity index (χ1v) is 7.54. The summed E-state index contributed by atoms with van der Waals surface area (Å²) in [4.78, 5) is 18.7. The molecule has 3 rings (SSSR count). The van der Waals surface area contributed by atoms with Crippen molar-refractivity contribution < 1.29 is 14.6 Å². The number of benzene rings is 1. The van der Waals surface area contributed by atoms with Crippen LogP contribution in [0.2, 0.25) is 0 Å². The highest BCUT2D eigenvalue weighted by Crippen LogP contribution is 2.34. The van der Waals surface area contributed by atoms with Crippen LogP contribution in [0.3, 0.4) is 0 Å². The van der Waals surface area contributed by atoms with Crippen LogP contribution in [-0.2, 0) is 4.74 Å². The number of anilines is 1. The summed E-state index contributed by atoms with van der Waals surface area (Å²) in [5, 5.41) is 11.2. The molecular weight excluding hydrogens is 280 g/mol. The molecule has 1 N–H and O–H groups in total. The van der Waals surface area contributed by atoms with Crippen LogP contribution in [0.4, 0.5) is 5.69 Å². The van der Waals surface area contributed by atoms with Gasteiger partial charge in [0.15, 0.2) is 0 Å². The third kappa shape index (κ3) is 2.64. The molecule has 0 amide bonds. The maximum atomic E-state index is 12.3. The largest absolute Gasteiger partial charge is 0.462 e. The smallest absolute Gasteiger partial charge is 0.341 e. The van der Waals surface area contributed by atoms with Gasteiger partial charge in [-0.1, -0.05) is 18.2 Å².